The van der Waals surface area contributed by atoms with Gasteiger partial charge < -0.3 is 4.90 Å². The molecule has 1 unspecified atom stereocenters. The highest BCUT2D eigenvalue weighted by Gasteiger charge is 2.09. The van der Waals surface area contributed by atoms with Crippen molar-refractivity contribution >= 4 is 27.3 Å². The first-order valence-corrected chi connectivity index (χ1v) is 6.08. The molecule has 0 aliphatic rings. The molecule has 3 nitrogen and oxygen atoms in total. The second-order valence-corrected chi connectivity index (χ2v) is 6.08. The lowest BCUT2D eigenvalue weighted by Crippen LogP contribution is -2.43. The monoisotopic (exact) mass is 277 g/mol. The van der Waals surface area contributed by atoms with Crippen molar-refractivity contribution in [1.29, 1.82) is 0 Å². The van der Waals surface area contributed by atoms with Gasteiger partial charge in [0, 0.05) is 17.5 Å². The summed E-state index contributed by atoms with van der Waals surface area (Å²) < 4.78 is 1.17. The van der Waals surface area contributed by atoms with E-state index in [-0.39, 0.29) is 0 Å². The van der Waals surface area contributed by atoms with Crippen molar-refractivity contribution in [2.45, 2.75) is 12.5 Å². The molecule has 0 saturated heterocycles. The summed E-state index contributed by atoms with van der Waals surface area (Å²) in [6, 6.07) is 4.52. The van der Waals surface area contributed by atoms with Gasteiger partial charge in [-0.25, -0.2) is 0 Å². The molecule has 0 spiro atoms. The first-order chi connectivity index (χ1) is 6.61. The molecule has 80 valence electrons. The molecule has 0 aliphatic carbocycles. The maximum Gasteiger partial charge on any atom is 0.0701 e. The maximum atomic E-state index is 5.49. The normalized spacial score (nSPS) is 13.5. The molecule has 5 heteroatoms. The number of rotatable bonds is 5. The van der Waals surface area contributed by atoms with Gasteiger partial charge in [0.15, 0.2) is 0 Å². The van der Waals surface area contributed by atoms with E-state index >= 15 is 0 Å². The molecule has 0 bridgehead atoms. The van der Waals surface area contributed by atoms with Crippen LogP contribution < -0.4 is 11.3 Å². The number of hydrogen-bond acceptors (Lipinski definition) is 4. The topological polar surface area (TPSA) is 41.3 Å². The predicted molar refractivity (Wildman–Crippen MR) is 65.4 cm³/mol. The van der Waals surface area contributed by atoms with Gasteiger partial charge in [-0.3, -0.25) is 11.3 Å². The Kier molecular flexibility index (Phi) is 5.05. The molecule has 1 aromatic heterocycles. The Morgan fingerprint density at radius 2 is 2.29 bits per heavy atom. The van der Waals surface area contributed by atoms with E-state index in [2.05, 4.69) is 52.5 Å². The highest BCUT2D eigenvalue weighted by Crippen LogP contribution is 2.23. The Labute approximate surface area is 97.4 Å². The fourth-order valence-corrected chi connectivity index (χ4v) is 2.88. The van der Waals surface area contributed by atoms with Crippen LogP contribution in [-0.2, 0) is 6.42 Å². The zero-order chi connectivity index (χ0) is 10.6. The third-order valence-corrected chi connectivity index (χ3v) is 3.54. The molecule has 0 aliphatic heterocycles. The molecular formula is C9H16BrN3S. The van der Waals surface area contributed by atoms with Crippen LogP contribution in [0.15, 0.2) is 15.9 Å². The van der Waals surface area contributed by atoms with Crippen LogP contribution in [0, 0.1) is 0 Å². The zero-order valence-corrected chi connectivity index (χ0v) is 10.9. The highest BCUT2D eigenvalue weighted by atomic mass is 79.9. The van der Waals surface area contributed by atoms with E-state index in [0.29, 0.717) is 6.04 Å². The van der Waals surface area contributed by atoms with Crippen LogP contribution in [0.25, 0.3) is 0 Å². The fourth-order valence-electron chi connectivity index (χ4n) is 1.32. The van der Waals surface area contributed by atoms with Gasteiger partial charge in [0.25, 0.3) is 0 Å². The third-order valence-electron chi connectivity index (χ3n) is 1.90. The summed E-state index contributed by atoms with van der Waals surface area (Å²) >= 11 is 5.21. The molecule has 0 saturated carbocycles. The summed E-state index contributed by atoms with van der Waals surface area (Å²) in [6.07, 6.45) is 0.977. The van der Waals surface area contributed by atoms with Crippen molar-refractivity contribution in [1.82, 2.24) is 10.3 Å². The van der Waals surface area contributed by atoms with E-state index < -0.39 is 0 Å². The summed E-state index contributed by atoms with van der Waals surface area (Å²) in [7, 11) is 4.10. The Morgan fingerprint density at radius 3 is 2.71 bits per heavy atom. The smallest absolute Gasteiger partial charge is 0.0701 e. The predicted octanol–water partition coefficient (Wildman–Crippen LogP) is 1.45. The van der Waals surface area contributed by atoms with E-state index in [4.69, 9.17) is 5.84 Å². The largest absolute Gasteiger partial charge is 0.308 e. The first kappa shape index (κ1) is 12.1. The van der Waals surface area contributed by atoms with Crippen LogP contribution in [-0.4, -0.2) is 31.6 Å². The fraction of sp³-hybridized carbons (Fsp3) is 0.556. The summed E-state index contributed by atoms with van der Waals surface area (Å²) in [5.74, 6) is 5.49. The maximum absolute atomic E-state index is 5.49. The van der Waals surface area contributed by atoms with Gasteiger partial charge in [0.05, 0.1) is 3.79 Å². The number of hydrogen-bond donors (Lipinski definition) is 2. The van der Waals surface area contributed by atoms with E-state index in [9.17, 15) is 0 Å². The lowest BCUT2D eigenvalue weighted by Gasteiger charge is -2.19. The van der Waals surface area contributed by atoms with Gasteiger partial charge in [-0.2, -0.15) is 0 Å². The van der Waals surface area contributed by atoms with Crippen LogP contribution >= 0.6 is 27.3 Å². The van der Waals surface area contributed by atoms with E-state index in [1.807, 2.05) is 0 Å². The molecule has 0 radical (unpaired) electrons. The van der Waals surface area contributed by atoms with Crippen molar-refractivity contribution < 1.29 is 0 Å². The quantitative estimate of drug-likeness (QED) is 0.632. The Hall–Kier alpha value is 0.0600. The Morgan fingerprint density at radius 1 is 1.57 bits per heavy atom. The molecule has 0 aromatic carbocycles. The molecular weight excluding hydrogens is 262 g/mol. The van der Waals surface area contributed by atoms with Crippen molar-refractivity contribution in [3.05, 3.63) is 20.8 Å². The summed E-state index contributed by atoms with van der Waals surface area (Å²) in [4.78, 5) is 3.48. The van der Waals surface area contributed by atoms with Crippen molar-refractivity contribution in [3.63, 3.8) is 0 Å². The number of hydrazine groups is 1. The summed E-state index contributed by atoms with van der Waals surface area (Å²) in [5, 5.41) is 0. The molecule has 14 heavy (non-hydrogen) atoms. The van der Waals surface area contributed by atoms with E-state index in [1.54, 1.807) is 11.3 Å². The van der Waals surface area contributed by atoms with Crippen LogP contribution in [0.5, 0.6) is 0 Å². The number of likely N-dealkylation sites (N-methyl/N-ethyl adjacent to an activating group) is 1. The van der Waals surface area contributed by atoms with Gasteiger partial charge in [-0.05, 0) is 48.6 Å². The van der Waals surface area contributed by atoms with E-state index in [1.165, 1.54) is 8.66 Å². The average molecular weight is 278 g/mol. The molecule has 0 fully saturated rings. The third kappa shape index (κ3) is 4.06. The zero-order valence-electron chi connectivity index (χ0n) is 8.46. The standard InChI is InChI=1S/C9H16BrN3S/c1-13(2)6-7(12-11)5-8-3-4-9(10)14-8/h3-4,7,12H,5-6,11H2,1-2H3. The SMILES string of the molecule is CN(C)CC(Cc1ccc(Br)s1)NN. The van der Waals surface area contributed by atoms with Gasteiger partial charge in [0.1, 0.15) is 0 Å². The molecule has 3 N–H and O–H groups in total. The molecule has 1 atom stereocenters. The first-order valence-electron chi connectivity index (χ1n) is 4.47. The number of thiophene rings is 1. The van der Waals surface area contributed by atoms with Crippen LogP contribution in [0.2, 0.25) is 0 Å². The molecule has 1 aromatic rings. The minimum Gasteiger partial charge on any atom is -0.308 e. The lowest BCUT2D eigenvalue weighted by molar-refractivity contribution is 0.339. The minimum atomic E-state index is 0.315. The highest BCUT2D eigenvalue weighted by molar-refractivity contribution is 9.11. The van der Waals surface area contributed by atoms with Gasteiger partial charge in [0.2, 0.25) is 0 Å². The van der Waals surface area contributed by atoms with Crippen molar-refractivity contribution in [2.75, 3.05) is 20.6 Å². The molecule has 1 heterocycles. The number of halogens is 1. The molecule has 0 amide bonds. The van der Waals surface area contributed by atoms with Crippen molar-refractivity contribution in [2.24, 2.45) is 5.84 Å². The average Bonchev–Trinajstić information content (AvgIpc) is 2.49. The lowest BCUT2D eigenvalue weighted by atomic mass is 10.2. The van der Waals surface area contributed by atoms with Crippen LogP contribution in [0.1, 0.15) is 4.88 Å². The minimum absolute atomic E-state index is 0.315. The van der Waals surface area contributed by atoms with Crippen LogP contribution in [0.3, 0.4) is 0 Å². The Bertz CT molecular complexity index is 275. The summed E-state index contributed by atoms with van der Waals surface area (Å²) in [5.41, 5.74) is 2.84. The summed E-state index contributed by atoms with van der Waals surface area (Å²) in [6.45, 7) is 0.950. The van der Waals surface area contributed by atoms with Gasteiger partial charge in [-0.1, -0.05) is 0 Å². The van der Waals surface area contributed by atoms with Crippen molar-refractivity contribution in [3.8, 4) is 0 Å². The van der Waals surface area contributed by atoms with Gasteiger partial charge in [-0.15, -0.1) is 11.3 Å². The number of nitrogens with zero attached hydrogens (tertiary/aromatic N) is 1. The Balaban J connectivity index is 2.48. The molecule has 1 rings (SSSR count). The van der Waals surface area contributed by atoms with E-state index in [0.717, 1.165) is 13.0 Å². The second-order valence-electron chi connectivity index (χ2n) is 3.54. The number of nitrogens with two attached hydrogens (primary N) is 1. The second kappa shape index (κ2) is 5.82. The number of nitrogens with one attached hydrogen (secondary N) is 1. The van der Waals surface area contributed by atoms with Gasteiger partial charge >= 0.3 is 0 Å². The van der Waals surface area contributed by atoms with Crippen LogP contribution in [0.4, 0.5) is 0 Å².